The second-order valence-electron chi connectivity index (χ2n) is 5.96. The van der Waals surface area contributed by atoms with E-state index in [1.807, 2.05) is 0 Å². The number of hydrogen-bond acceptors (Lipinski definition) is 3. The molecule has 0 saturated heterocycles. The lowest BCUT2D eigenvalue weighted by Gasteiger charge is -2.18. The van der Waals surface area contributed by atoms with Gasteiger partial charge >= 0.3 is 0 Å². The highest BCUT2D eigenvalue weighted by molar-refractivity contribution is 6.18. The molecule has 0 amide bonds. The van der Waals surface area contributed by atoms with Crippen LogP contribution in [-0.2, 0) is 4.79 Å². The summed E-state index contributed by atoms with van der Waals surface area (Å²) >= 11 is 5.43. The summed E-state index contributed by atoms with van der Waals surface area (Å²) in [5.41, 5.74) is 0. The summed E-state index contributed by atoms with van der Waals surface area (Å²) < 4.78 is 0. The number of ketones is 1. The van der Waals surface area contributed by atoms with Crippen LogP contribution in [0.25, 0.3) is 0 Å². The summed E-state index contributed by atoms with van der Waals surface area (Å²) in [5, 5.41) is 18.9. The van der Waals surface area contributed by atoms with Gasteiger partial charge in [-0.05, 0) is 6.42 Å². The van der Waals surface area contributed by atoms with Crippen LogP contribution in [0.5, 0.6) is 0 Å². The van der Waals surface area contributed by atoms with Crippen LogP contribution in [0.3, 0.4) is 0 Å². The summed E-state index contributed by atoms with van der Waals surface area (Å²) in [4.78, 5) is 11.6. The van der Waals surface area contributed by atoms with Gasteiger partial charge in [-0.15, -0.1) is 11.6 Å². The molecular formula is C17H33ClO3. The van der Waals surface area contributed by atoms with Gasteiger partial charge in [0.1, 0.15) is 0 Å². The second kappa shape index (κ2) is 13.5. The Balaban J connectivity index is 3.34. The molecule has 0 aliphatic rings. The Morgan fingerprint density at radius 3 is 1.71 bits per heavy atom. The van der Waals surface area contributed by atoms with Gasteiger partial charge in [-0.25, -0.2) is 0 Å². The Morgan fingerprint density at radius 2 is 1.29 bits per heavy atom. The van der Waals surface area contributed by atoms with Crippen LogP contribution < -0.4 is 0 Å². The zero-order valence-corrected chi connectivity index (χ0v) is 14.3. The molecule has 0 fully saturated rings. The van der Waals surface area contributed by atoms with E-state index in [0.717, 1.165) is 19.3 Å². The van der Waals surface area contributed by atoms with Crippen molar-refractivity contribution in [1.29, 1.82) is 0 Å². The van der Waals surface area contributed by atoms with Crippen LogP contribution in [0.2, 0.25) is 0 Å². The van der Waals surface area contributed by atoms with Crippen molar-refractivity contribution in [3.63, 3.8) is 0 Å². The first kappa shape index (κ1) is 20.9. The summed E-state index contributed by atoms with van der Waals surface area (Å²) in [7, 11) is 0. The fourth-order valence-electron chi connectivity index (χ4n) is 2.42. The van der Waals surface area contributed by atoms with Crippen molar-refractivity contribution in [2.75, 3.05) is 5.88 Å². The van der Waals surface area contributed by atoms with Crippen LogP contribution in [0.1, 0.15) is 90.4 Å². The van der Waals surface area contributed by atoms with Crippen LogP contribution in [0, 0.1) is 0 Å². The molecule has 0 unspecified atom stereocenters. The van der Waals surface area contributed by atoms with E-state index in [4.69, 9.17) is 11.6 Å². The van der Waals surface area contributed by atoms with Crippen molar-refractivity contribution < 1.29 is 15.0 Å². The predicted octanol–water partition coefficient (Wildman–Crippen LogP) is 4.57. The summed E-state index contributed by atoms with van der Waals surface area (Å²) in [6.45, 7) is 2.23. The minimum absolute atomic E-state index is 0.0804. The molecule has 4 heteroatoms. The monoisotopic (exact) mass is 320 g/mol. The van der Waals surface area contributed by atoms with Gasteiger partial charge in [-0.2, -0.15) is 0 Å². The maximum Gasteiger partial charge on any atom is 0.225 e. The molecule has 0 aliphatic heterocycles. The van der Waals surface area contributed by atoms with E-state index in [0.29, 0.717) is 0 Å². The third kappa shape index (κ3) is 12.1. The van der Waals surface area contributed by atoms with Gasteiger partial charge in [0.2, 0.25) is 5.79 Å². The molecule has 0 atom stereocenters. The molecule has 0 aromatic carbocycles. The summed E-state index contributed by atoms with van der Waals surface area (Å²) in [6.07, 6.45) is 13.5. The second-order valence-corrected chi connectivity index (χ2v) is 6.34. The molecule has 0 aliphatic carbocycles. The van der Waals surface area contributed by atoms with E-state index >= 15 is 0 Å². The SMILES string of the molecule is CCCCCCCCCCCCCC(=O)C(O)(O)CCCl. The van der Waals surface area contributed by atoms with Crippen molar-refractivity contribution in [2.24, 2.45) is 0 Å². The number of aliphatic hydroxyl groups is 2. The predicted molar refractivity (Wildman–Crippen MR) is 88.6 cm³/mol. The Morgan fingerprint density at radius 1 is 0.857 bits per heavy atom. The minimum Gasteiger partial charge on any atom is -0.360 e. The molecule has 0 bridgehead atoms. The van der Waals surface area contributed by atoms with E-state index in [1.165, 1.54) is 51.4 Å². The Kier molecular flexibility index (Phi) is 13.5. The van der Waals surface area contributed by atoms with Crippen molar-refractivity contribution in [1.82, 2.24) is 0 Å². The van der Waals surface area contributed by atoms with Gasteiger partial charge in [-0.3, -0.25) is 4.79 Å². The van der Waals surface area contributed by atoms with E-state index in [2.05, 4.69) is 6.92 Å². The lowest BCUT2D eigenvalue weighted by Crippen LogP contribution is -2.38. The van der Waals surface area contributed by atoms with Crippen molar-refractivity contribution in [3.8, 4) is 0 Å². The number of carbonyl (C=O) groups excluding carboxylic acids is 1. The minimum atomic E-state index is -2.22. The van der Waals surface area contributed by atoms with Crippen LogP contribution >= 0.6 is 11.6 Å². The molecule has 3 nitrogen and oxygen atoms in total. The molecule has 126 valence electrons. The first-order valence-electron chi connectivity index (χ1n) is 8.58. The van der Waals surface area contributed by atoms with Crippen LogP contribution in [-0.4, -0.2) is 27.7 Å². The maximum absolute atomic E-state index is 11.6. The Hall–Kier alpha value is -0.120. The number of hydrogen-bond donors (Lipinski definition) is 2. The molecule has 0 spiro atoms. The molecule has 0 aromatic rings. The highest BCUT2D eigenvalue weighted by Gasteiger charge is 2.30. The fraction of sp³-hybridized carbons (Fsp3) is 0.941. The summed E-state index contributed by atoms with van der Waals surface area (Å²) in [5.74, 6) is -2.64. The van der Waals surface area contributed by atoms with E-state index < -0.39 is 11.6 Å². The van der Waals surface area contributed by atoms with E-state index in [-0.39, 0.29) is 18.7 Å². The molecule has 2 N–H and O–H groups in total. The van der Waals surface area contributed by atoms with Crippen molar-refractivity contribution in [3.05, 3.63) is 0 Å². The van der Waals surface area contributed by atoms with Crippen LogP contribution in [0.15, 0.2) is 0 Å². The Labute approximate surface area is 135 Å². The number of alkyl halides is 1. The van der Waals surface area contributed by atoms with Gasteiger partial charge < -0.3 is 10.2 Å². The number of rotatable bonds is 15. The first-order valence-corrected chi connectivity index (χ1v) is 9.12. The molecule has 0 aromatic heterocycles. The third-order valence-corrected chi connectivity index (χ3v) is 4.09. The quantitative estimate of drug-likeness (QED) is 0.264. The fourth-order valence-corrected chi connectivity index (χ4v) is 2.68. The number of unbranched alkanes of at least 4 members (excludes halogenated alkanes) is 10. The highest BCUT2D eigenvalue weighted by Crippen LogP contribution is 2.15. The van der Waals surface area contributed by atoms with Gasteiger partial charge in [-0.1, -0.05) is 71.1 Å². The largest absolute Gasteiger partial charge is 0.360 e. The molecule has 0 saturated carbocycles. The first-order chi connectivity index (χ1) is 10.0. The summed E-state index contributed by atoms with van der Waals surface area (Å²) in [6, 6.07) is 0. The number of halogens is 1. The lowest BCUT2D eigenvalue weighted by molar-refractivity contribution is -0.183. The maximum atomic E-state index is 11.6. The lowest BCUT2D eigenvalue weighted by atomic mass is 10.0. The zero-order valence-electron chi connectivity index (χ0n) is 13.6. The topological polar surface area (TPSA) is 57.5 Å². The molecule has 0 rings (SSSR count). The molecular weight excluding hydrogens is 288 g/mol. The molecule has 0 radical (unpaired) electrons. The highest BCUT2D eigenvalue weighted by atomic mass is 35.5. The Bertz CT molecular complexity index is 254. The average Bonchev–Trinajstić information content (AvgIpc) is 2.44. The zero-order chi connectivity index (χ0) is 16.0. The average molecular weight is 321 g/mol. The molecule has 21 heavy (non-hydrogen) atoms. The number of carbonyl (C=O) groups is 1. The van der Waals surface area contributed by atoms with Crippen molar-refractivity contribution >= 4 is 17.4 Å². The smallest absolute Gasteiger partial charge is 0.225 e. The van der Waals surface area contributed by atoms with E-state index in [1.54, 1.807) is 0 Å². The number of Topliss-reactive ketones (excluding diaryl/α,β-unsaturated/α-hetero) is 1. The van der Waals surface area contributed by atoms with Gasteiger partial charge in [0, 0.05) is 18.7 Å². The van der Waals surface area contributed by atoms with Crippen molar-refractivity contribution in [2.45, 2.75) is 96.2 Å². The van der Waals surface area contributed by atoms with Gasteiger partial charge in [0.05, 0.1) is 0 Å². The standard InChI is InChI=1S/C17H33ClO3/c1-2-3-4-5-6-7-8-9-10-11-12-13-16(19)17(20,21)14-15-18/h20-21H,2-15H2,1H3. The van der Waals surface area contributed by atoms with Gasteiger partial charge in [0.25, 0.3) is 0 Å². The third-order valence-electron chi connectivity index (χ3n) is 3.90. The normalized spacial score (nSPS) is 11.8. The van der Waals surface area contributed by atoms with E-state index in [9.17, 15) is 15.0 Å². The van der Waals surface area contributed by atoms with Crippen LogP contribution in [0.4, 0.5) is 0 Å². The van der Waals surface area contributed by atoms with Gasteiger partial charge in [0.15, 0.2) is 5.78 Å². The molecule has 0 heterocycles.